The zero-order valence-corrected chi connectivity index (χ0v) is 24.8. The maximum Gasteiger partial charge on any atom is 0.227 e. The molecule has 0 saturated heterocycles. The van der Waals surface area contributed by atoms with Gasteiger partial charge in [0.15, 0.2) is 0 Å². The van der Waals surface area contributed by atoms with E-state index in [-0.39, 0.29) is 46.5 Å². The maximum absolute atomic E-state index is 13.6. The van der Waals surface area contributed by atoms with Gasteiger partial charge in [-0.15, -0.1) is 0 Å². The second-order valence-corrected chi connectivity index (χ2v) is 15.4. The van der Waals surface area contributed by atoms with Crippen LogP contribution in [-0.4, -0.2) is 45.1 Å². The number of para-hydroxylation sites is 1. The normalized spacial score (nSPS) is 45.2. The highest BCUT2D eigenvalue weighted by atomic mass is 16.3. The number of nitrogens with zero attached hydrogens (tertiary/aromatic N) is 1. The third-order valence-electron chi connectivity index (χ3n) is 13.0. The largest absolute Gasteiger partial charge is 0.393 e. The fourth-order valence-corrected chi connectivity index (χ4v) is 11.0. The van der Waals surface area contributed by atoms with Gasteiger partial charge in [-0.1, -0.05) is 39.0 Å². The Kier molecular flexibility index (Phi) is 6.80. The molecule has 4 aliphatic carbocycles. The zero-order valence-electron chi connectivity index (χ0n) is 24.8. The number of carbonyl (C=O) groups is 1. The summed E-state index contributed by atoms with van der Waals surface area (Å²) in [5, 5.41) is 33.8. The summed E-state index contributed by atoms with van der Waals surface area (Å²) in [5.74, 6) is 2.12. The molecule has 216 valence electrons. The van der Waals surface area contributed by atoms with E-state index in [0.717, 1.165) is 63.5 Å². The summed E-state index contributed by atoms with van der Waals surface area (Å²) in [4.78, 5) is 15.7. The van der Waals surface area contributed by atoms with Crippen molar-refractivity contribution in [3.05, 3.63) is 29.8 Å². The zero-order chi connectivity index (χ0) is 27.9. The summed E-state index contributed by atoms with van der Waals surface area (Å²) in [5.41, 5.74) is 1.99. The molecule has 0 unspecified atom stereocenters. The van der Waals surface area contributed by atoms with Crippen molar-refractivity contribution < 1.29 is 20.1 Å². The van der Waals surface area contributed by atoms with Gasteiger partial charge in [-0.2, -0.15) is 0 Å². The molecule has 3 N–H and O–H groups in total. The summed E-state index contributed by atoms with van der Waals surface area (Å²) >= 11 is 0. The number of benzene rings is 1. The summed E-state index contributed by atoms with van der Waals surface area (Å²) in [7, 11) is 0. The second kappa shape index (κ2) is 9.56. The minimum absolute atomic E-state index is 0.0976. The first-order chi connectivity index (χ1) is 18.4. The minimum Gasteiger partial charge on any atom is -0.393 e. The van der Waals surface area contributed by atoms with E-state index in [2.05, 4.69) is 52.8 Å². The van der Waals surface area contributed by atoms with Crippen LogP contribution in [0.4, 0.5) is 5.69 Å². The molecular weight excluding hydrogens is 486 g/mol. The van der Waals surface area contributed by atoms with Crippen LogP contribution < -0.4 is 4.90 Å². The molecule has 5 heteroatoms. The summed E-state index contributed by atoms with van der Waals surface area (Å²) in [6.45, 7) is 11.3. The Bertz CT molecular complexity index is 1100. The minimum atomic E-state index is -0.381. The van der Waals surface area contributed by atoms with Crippen LogP contribution in [0, 0.1) is 46.3 Å². The number of aliphatic hydroxyl groups excluding tert-OH is 3. The number of rotatable bonds is 4. The first-order valence-corrected chi connectivity index (χ1v) is 15.8. The van der Waals surface area contributed by atoms with Crippen molar-refractivity contribution in [1.29, 1.82) is 0 Å². The molecular formula is C34H51NO4. The lowest BCUT2D eigenvalue weighted by atomic mass is 9.43. The summed E-state index contributed by atoms with van der Waals surface area (Å²) < 4.78 is 0. The number of anilines is 1. The van der Waals surface area contributed by atoms with E-state index in [1.807, 2.05) is 11.0 Å². The molecule has 39 heavy (non-hydrogen) atoms. The van der Waals surface area contributed by atoms with Crippen molar-refractivity contribution in [1.82, 2.24) is 0 Å². The molecule has 0 radical (unpaired) electrons. The van der Waals surface area contributed by atoms with E-state index in [4.69, 9.17) is 0 Å². The van der Waals surface area contributed by atoms with E-state index in [1.54, 1.807) is 0 Å². The van der Waals surface area contributed by atoms with Crippen LogP contribution in [0.5, 0.6) is 0 Å². The van der Waals surface area contributed by atoms with E-state index in [0.29, 0.717) is 36.0 Å². The van der Waals surface area contributed by atoms with Crippen LogP contribution in [0.3, 0.4) is 0 Å². The molecule has 5 nitrogen and oxygen atoms in total. The van der Waals surface area contributed by atoms with Crippen LogP contribution in [0.15, 0.2) is 24.3 Å². The predicted molar refractivity (Wildman–Crippen MR) is 154 cm³/mol. The van der Waals surface area contributed by atoms with Gasteiger partial charge in [-0.05, 0) is 130 Å². The van der Waals surface area contributed by atoms with Crippen molar-refractivity contribution >= 4 is 11.6 Å². The number of aliphatic hydroxyl groups is 3. The molecule has 1 amide bonds. The Labute approximate surface area is 235 Å². The highest BCUT2D eigenvalue weighted by Gasteiger charge is 2.65. The highest BCUT2D eigenvalue weighted by molar-refractivity contribution is 5.97. The van der Waals surface area contributed by atoms with E-state index in [1.165, 1.54) is 5.56 Å². The fraction of sp³-hybridized carbons (Fsp3) is 0.794. The Balaban J connectivity index is 1.18. The van der Waals surface area contributed by atoms with Gasteiger partial charge in [0.2, 0.25) is 5.91 Å². The quantitative estimate of drug-likeness (QED) is 0.458. The van der Waals surface area contributed by atoms with Crippen molar-refractivity contribution in [2.75, 3.05) is 4.90 Å². The molecule has 6 rings (SSSR count). The second-order valence-electron chi connectivity index (χ2n) is 15.4. The van der Waals surface area contributed by atoms with Gasteiger partial charge in [0.25, 0.3) is 0 Å². The average molecular weight is 538 g/mol. The molecule has 0 bridgehead atoms. The van der Waals surface area contributed by atoms with Crippen molar-refractivity contribution in [2.24, 2.45) is 46.3 Å². The maximum atomic E-state index is 13.6. The van der Waals surface area contributed by atoms with Gasteiger partial charge in [0.05, 0.1) is 18.3 Å². The van der Waals surface area contributed by atoms with Crippen LogP contribution in [-0.2, 0) is 11.2 Å². The lowest BCUT2D eigenvalue weighted by Gasteiger charge is -2.63. The molecule has 1 aliphatic heterocycles. The first kappa shape index (κ1) is 27.7. The van der Waals surface area contributed by atoms with Crippen molar-refractivity contribution in [2.45, 2.75) is 123 Å². The SMILES string of the molecule is C[C@H](CCC(=O)N1c2ccccc2CC1(C)C)[C@H]1CC[C@H]2[C@@H]3[C@H](O)C[C@@H]4C[C@H](O)CC[C@]4(C)[C@H]3C[C@H](O)[C@]12C. The first-order valence-electron chi connectivity index (χ1n) is 15.8. The third-order valence-corrected chi connectivity index (χ3v) is 13.0. The van der Waals surface area contributed by atoms with Gasteiger partial charge in [0, 0.05) is 17.6 Å². The molecule has 1 aromatic carbocycles. The molecule has 5 aliphatic rings. The molecule has 4 fully saturated rings. The van der Waals surface area contributed by atoms with Gasteiger partial charge in [0.1, 0.15) is 0 Å². The van der Waals surface area contributed by atoms with Crippen LogP contribution >= 0.6 is 0 Å². The fourth-order valence-electron chi connectivity index (χ4n) is 11.0. The monoisotopic (exact) mass is 537 g/mol. The lowest BCUT2D eigenvalue weighted by Crippen LogP contribution is -2.62. The Morgan fingerprint density at radius 2 is 1.74 bits per heavy atom. The molecule has 4 saturated carbocycles. The van der Waals surface area contributed by atoms with Gasteiger partial charge >= 0.3 is 0 Å². The Morgan fingerprint density at radius 3 is 2.51 bits per heavy atom. The highest BCUT2D eigenvalue weighted by Crippen LogP contribution is 2.68. The molecule has 1 aromatic rings. The number of hydrogen-bond acceptors (Lipinski definition) is 4. The van der Waals surface area contributed by atoms with Gasteiger partial charge < -0.3 is 20.2 Å². The van der Waals surface area contributed by atoms with Gasteiger partial charge in [-0.25, -0.2) is 0 Å². The standard InChI is InChI=1S/C34H51NO4/c1-20(10-13-30(39)35-27-9-7-6-8-21(27)19-32(35,2)3)24-11-12-25-31-26(18-29(38)34(24,25)5)33(4)15-14-23(36)16-22(33)17-28(31)37/h6-9,20,22-26,28-29,31,36-38H,10-19H2,1-5H3/t20-,22+,23-,24-,25+,26+,28-,29+,31+,33+,34-/m1/s1. The topological polar surface area (TPSA) is 81.0 Å². The molecule has 0 spiro atoms. The van der Waals surface area contributed by atoms with E-state index in [9.17, 15) is 20.1 Å². The molecule has 11 atom stereocenters. The number of fused-ring (bicyclic) bond motifs is 6. The molecule has 0 aromatic heterocycles. The predicted octanol–water partition coefficient (Wildman–Crippen LogP) is 5.73. The number of amides is 1. The van der Waals surface area contributed by atoms with Crippen molar-refractivity contribution in [3.8, 4) is 0 Å². The number of hydrogen-bond donors (Lipinski definition) is 3. The average Bonchev–Trinajstić information content (AvgIpc) is 3.37. The Morgan fingerprint density at radius 1 is 1.00 bits per heavy atom. The molecule has 1 heterocycles. The smallest absolute Gasteiger partial charge is 0.227 e. The Hall–Kier alpha value is -1.43. The van der Waals surface area contributed by atoms with Crippen molar-refractivity contribution in [3.63, 3.8) is 0 Å². The van der Waals surface area contributed by atoms with E-state index < -0.39 is 0 Å². The van der Waals surface area contributed by atoms with Crippen LogP contribution in [0.25, 0.3) is 0 Å². The third kappa shape index (κ3) is 4.15. The summed E-state index contributed by atoms with van der Waals surface area (Å²) in [6, 6.07) is 8.31. The summed E-state index contributed by atoms with van der Waals surface area (Å²) in [6.07, 6.45) is 7.61. The number of carbonyl (C=O) groups excluding carboxylic acids is 1. The van der Waals surface area contributed by atoms with Crippen LogP contribution in [0.2, 0.25) is 0 Å². The van der Waals surface area contributed by atoms with Crippen LogP contribution in [0.1, 0.15) is 98.0 Å². The lowest BCUT2D eigenvalue weighted by molar-refractivity contribution is -0.207. The van der Waals surface area contributed by atoms with Gasteiger partial charge in [-0.3, -0.25) is 4.79 Å². The van der Waals surface area contributed by atoms with E-state index >= 15 is 0 Å².